The molecule has 3 aromatic heterocycles. The topological polar surface area (TPSA) is 399 Å². The summed E-state index contributed by atoms with van der Waals surface area (Å²) in [6.45, 7) is 24.2. The highest BCUT2D eigenvalue weighted by Gasteiger charge is 2.53. The Hall–Kier alpha value is -8.57. The summed E-state index contributed by atoms with van der Waals surface area (Å²) < 4.78 is 75.9. The number of carbonyl (C=O) groups is 7. The van der Waals surface area contributed by atoms with Gasteiger partial charge in [0.15, 0.2) is 17.0 Å². The molecule has 0 radical (unpaired) electrons. The lowest BCUT2D eigenvalue weighted by atomic mass is 9.78. The van der Waals surface area contributed by atoms with Crippen molar-refractivity contribution >= 4 is 75.1 Å². The second kappa shape index (κ2) is 49.4. The number of methoxy groups -OCH3 is 3. The van der Waals surface area contributed by atoms with Crippen LogP contribution >= 0.6 is 0 Å². The molecule has 5 aliphatic rings. The lowest BCUT2D eigenvalue weighted by Crippen LogP contribution is -2.61. The Kier molecular flexibility index (Phi) is 39.4. The van der Waals surface area contributed by atoms with Crippen LogP contribution in [-0.4, -0.2) is 254 Å². The van der Waals surface area contributed by atoms with Gasteiger partial charge in [0, 0.05) is 103 Å². The number of aliphatic hydroxyl groups excluding tert-OH is 1. The number of nitrogens with two attached hydrogens (primary N) is 2. The zero-order valence-electron chi connectivity index (χ0n) is 74.1. The average Bonchev–Trinajstić information content (AvgIpc) is 1.60. The number of fused-ring (bicyclic) bond motifs is 6. The van der Waals surface area contributed by atoms with E-state index >= 15 is 0 Å². The summed E-state index contributed by atoms with van der Waals surface area (Å²) in [5.74, 6) is -8.27. The fourth-order valence-electron chi connectivity index (χ4n) is 16.8. The van der Waals surface area contributed by atoms with E-state index < -0.39 is 95.9 Å². The predicted octanol–water partition coefficient (Wildman–Crippen LogP) is 10.8. The molecule has 6 N–H and O–H groups in total. The molecule has 678 valence electrons. The van der Waals surface area contributed by atoms with E-state index in [9.17, 15) is 43.8 Å². The van der Waals surface area contributed by atoms with Crippen molar-refractivity contribution in [3.05, 3.63) is 107 Å². The normalized spacial score (nSPS) is 27.4. The van der Waals surface area contributed by atoms with Crippen LogP contribution in [0.25, 0.3) is 33.4 Å². The number of aliphatic hydroxyl groups is 2. The molecule has 5 aromatic rings. The van der Waals surface area contributed by atoms with Crippen LogP contribution in [0.3, 0.4) is 0 Å². The van der Waals surface area contributed by atoms with Gasteiger partial charge in [0.2, 0.25) is 11.7 Å². The van der Waals surface area contributed by atoms with Gasteiger partial charge in [-0.15, -0.1) is 0 Å². The van der Waals surface area contributed by atoms with E-state index in [4.69, 9.17) is 77.8 Å². The zero-order chi connectivity index (χ0) is 88.7. The van der Waals surface area contributed by atoms with Gasteiger partial charge in [0.1, 0.15) is 59.6 Å². The number of amides is 2. The second-order valence-electron chi connectivity index (χ2n) is 33.1. The molecule has 7 heterocycles. The summed E-state index contributed by atoms with van der Waals surface area (Å²) in [5, 5.41) is 29.2. The maximum Gasteiger partial charge on any atom is 0.329 e. The van der Waals surface area contributed by atoms with Crippen LogP contribution in [0.5, 0.6) is 0 Å². The highest BCUT2D eigenvalue weighted by atomic mass is 16.6. The highest BCUT2D eigenvalue weighted by molar-refractivity contribution is 6.39. The predicted molar refractivity (Wildman–Crippen MR) is 461 cm³/mol. The van der Waals surface area contributed by atoms with Gasteiger partial charge in [-0.3, -0.25) is 28.8 Å². The Morgan fingerprint density at radius 3 is 2.15 bits per heavy atom. The number of cyclic esters (lactones) is 1. The summed E-state index contributed by atoms with van der Waals surface area (Å²) in [4.78, 5) is 113. The van der Waals surface area contributed by atoms with Crippen LogP contribution in [0.4, 0.5) is 11.8 Å². The number of hydrogen-bond donors (Lipinski definition) is 4. The van der Waals surface area contributed by atoms with Gasteiger partial charge in [0.05, 0.1) is 96.1 Å². The number of aromatic nitrogens is 5. The molecule has 0 unspecified atom stereocenters. The Labute approximate surface area is 722 Å². The molecule has 4 aliphatic heterocycles. The number of nitrogens with zero attached hydrogens (tertiary/aromatic N) is 7. The number of ether oxygens (including phenoxy) is 12. The molecule has 31 heteroatoms. The van der Waals surface area contributed by atoms with Crippen molar-refractivity contribution in [2.75, 3.05) is 125 Å². The number of allylic oxidation sites excluding steroid dienone is 6. The van der Waals surface area contributed by atoms with Crippen molar-refractivity contribution in [2.24, 2.45) is 35.5 Å². The SMILES string of the molecule is CCOCCC(=O)N1CCc2cc(Cn3nc(-c4ccc5oc(N)nc5c4)c4c(N)ncnc43)ccc2C1.CCOCCOCCOCCOCCOCCCC(=O)O[C@@H]1CC[C@@H](C[C@@H](C)[C@@H]2CC(=O)[C@H](C)/C=C(\C)[C@@H](O)[C@@H](OC)C(=O)[C@H](C)C[C@H](C)/C=C/C=C/C=C(\C)[C@@H](OC)C[C@@H]3CC[C@@H](C)[C@@](O)(O3)C(=O)C(=O)N3CCCC[C@H]3C(=O)O2)C[C@H]1OC. The van der Waals surface area contributed by atoms with Crippen LogP contribution in [0.1, 0.15) is 175 Å². The van der Waals surface area contributed by atoms with Crippen molar-refractivity contribution in [2.45, 2.75) is 233 Å². The Morgan fingerprint density at radius 1 is 0.732 bits per heavy atom. The smallest absolute Gasteiger partial charge is 0.329 e. The molecular weight excluding hydrogens is 1580 g/mol. The molecule has 2 amide bonds. The number of benzene rings is 2. The van der Waals surface area contributed by atoms with Crippen LogP contribution in [0, 0.1) is 35.5 Å². The van der Waals surface area contributed by atoms with Gasteiger partial charge >= 0.3 is 11.9 Å². The number of esters is 2. The van der Waals surface area contributed by atoms with Crippen molar-refractivity contribution in [3.8, 4) is 11.3 Å². The molecule has 1 aliphatic carbocycles. The monoisotopic (exact) mass is 1720 g/mol. The van der Waals surface area contributed by atoms with Crippen molar-refractivity contribution in [1.82, 2.24) is 34.5 Å². The van der Waals surface area contributed by atoms with E-state index in [-0.39, 0.29) is 67.1 Å². The number of nitrogen functional groups attached to an aromatic ring is 2. The third-order valence-corrected chi connectivity index (χ3v) is 24.0. The van der Waals surface area contributed by atoms with Crippen LogP contribution < -0.4 is 11.5 Å². The highest BCUT2D eigenvalue weighted by Crippen LogP contribution is 2.40. The minimum atomic E-state index is -2.46. The van der Waals surface area contributed by atoms with Crippen molar-refractivity contribution in [3.63, 3.8) is 0 Å². The first-order valence-corrected chi connectivity index (χ1v) is 43.9. The number of hydrogen-bond acceptors (Lipinski definition) is 28. The van der Waals surface area contributed by atoms with Gasteiger partial charge in [-0.2, -0.15) is 10.1 Å². The lowest BCUT2D eigenvalue weighted by Gasteiger charge is -2.42. The molecule has 15 atom stereocenters. The Morgan fingerprint density at radius 2 is 1.45 bits per heavy atom. The molecule has 3 fully saturated rings. The molecule has 31 nitrogen and oxygen atoms in total. The fourth-order valence-corrected chi connectivity index (χ4v) is 16.8. The summed E-state index contributed by atoms with van der Waals surface area (Å²) in [6, 6.07) is 10.9. The quantitative estimate of drug-likeness (QED) is 0.0139. The molecule has 2 bridgehead atoms. The Balaban J connectivity index is 0.000000370. The summed E-state index contributed by atoms with van der Waals surface area (Å²) >= 11 is 0. The number of oxazole rings is 1. The molecule has 10 rings (SSSR count). The third kappa shape index (κ3) is 28.2. The number of piperidine rings is 1. The zero-order valence-corrected chi connectivity index (χ0v) is 74.1. The maximum atomic E-state index is 14.7. The summed E-state index contributed by atoms with van der Waals surface area (Å²) in [5.41, 5.74) is 20.1. The maximum absolute atomic E-state index is 14.7. The minimum absolute atomic E-state index is 0.00341. The summed E-state index contributed by atoms with van der Waals surface area (Å²) in [7, 11) is 4.52. The molecule has 1 saturated carbocycles. The van der Waals surface area contributed by atoms with E-state index in [0.29, 0.717) is 215 Å². The van der Waals surface area contributed by atoms with Gasteiger partial charge in [-0.05, 0) is 169 Å². The van der Waals surface area contributed by atoms with E-state index in [1.807, 2.05) is 99.7 Å². The number of Topliss-reactive ketones (excluding diaryl/α,β-unsaturated/α-hetero) is 3. The van der Waals surface area contributed by atoms with Crippen molar-refractivity contribution < 1.29 is 105 Å². The van der Waals surface area contributed by atoms with E-state index in [0.717, 1.165) is 23.1 Å². The largest absolute Gasteiger partial charge is 0.460 e. The average molecular weight is 1720 g/mol. The van der Waals surface area contributed by atoms with E-state index in [2.05, 4.69) is 33.2 Å². The first kappa shape index (κ1) is 98.2. The number of carbonyl (C=O) groups excluding carboxylic acids is 7. The molecule has 2 aromatic carbocycles. The van der Waals surface area contributed by atoms with Gasteiger partial charge in [0.25, 0.3) is 17.7 Å². The van der Waals surface area contributed by atoms with E-state index in [1.54, 1.807) is 41.1 Å². The van der Waals surface area contributed by atoms with Crippen molar-refractivity contribution in [1.29, 1.82) is 0 Å². The molecular formula is C92H133N9O22. The first-order chi connectivity index (χ1) is 59.2. The number of anilines is 2. The Bertz CT molecular complexity index is 4390. The standard InChI is InChI=1S/C65H105NO19.C27H28N8O3/c1-12-78-29-30-80-33-34-82-36-35-81-32-31-79-28-18-22-58(68)83-54-26-24-50(40-57(54)76-10)39-46(5)56-42-53(67)45(4)38-48(7)60(70)61(77-11)59(69)47(6)37-43(2)19-14-13-15-20-44(3)55(75-9)41-51-25-23-49(8)65(74,85-51)62(71)63(72)66-27-17-16-21-52(66)64(73)84-56;1-2-37-10-8-22(36)34-9-7-17-11-16(3-4-19(17)14-34)13-35-26-23(25(28)30-15-31-26)24(33-35)18-5-6-21-20(12-18)32-27(29)38-21/h13-15,19-20,38,43,45-47,49-52,54-57,60-61,70,74H,12,16-18,21-37,39-42H2,1-11H3;3-6,11-12,15H,2,7-10,13-14H2,1H3,(H2,29,32)(H2,28,30,31)/b15-13+,19-14+,44-20+,48-38+;/t43-,45-,46-,47-,49-,50+,51+,52+,54-,55+,56+,57-,60-,61+,65-;/m1./s1. The van der Waals surface area contributed by atoms with Gasteiger partial charge in [-0.25, -0.2) is 19.4 Å². The lowest BCUT2D eigenvalue weighted by molar-refractivity contribution is -0.265. The number of rotatable bonds is 31. The third-order valence-electron chi connectivity index (χ3n) is 24.0. The minimum Gasteiger partial charge on any atom is -0.460 e. The van der Waals surface area contributed by atoms with E-state index in [1.165, 1.54) is 29.5 Å². The van der Waals surface area contributed by atoms with Gasteiger partial charge < -0.3 is 92.7 Å². The van der Waals surface area contributed by atoms with Crippen LogP contribution in [0.15, 0.2) is 94.7 Å². The van der Waals surface area contributed by atoms with Gasteiger partial charge in [-0.1, -0.05) is 89.3 Å². The van der Waals surface area contributed by atoms with Crippen LogP contribution in [-0.2, 0) is 110 Å². The van der Waals surface area contributed by atoms with Crippen LogP contribution in [0.2, 0.25) is 0 Å². The fraction of sp³-hybridized carbons (Fsp3) is 0.641. The second-order valence-corrected chi connectivity index (χ2v) is 33.1. The molecule has 123 heavy (non-hydrogen) atoms. The summed E-state index contributed by atoms with van der Waals surface area (Å²) in [6.07, 6.45) is 13.9. The molecule has 0 spiro atoms. The molecule has 2 saturated heterocycles. The first-order valence-electron chi connectivity index (χ1n) is 43.9. The number of ketones is 3.